The van der Waals surface area contributed by atoms with Crippen LogP contribution in [0, 0.1) is 0 Å². The summed E-state index contributed by atoms with van der Waals surface area (Å²) >= 11 is 17.6. The predicted molar refractivity (Wildman–Crippen MR) is 104 cm³/mol. The standard InChI is InChI=1S/C17H19Cl3NO3P/c18-14-4-1-12(2-5-14)10-25(23,24)11-15(22)9-21-8-13-3-6-16(19)17(20)7-13/h1-7,15,21-22H,8-11H2,(H,23,24). The fourth-order valence-electron chi connectivity index (χ4n) is 2.37. The van der Waals surface area contributed by atoms with E-state index in [9.17, 15) is 14.6 Å². The number of halogens is 3. The summed E-state index contributed by atoms with van der Waals surface area (Å²) in [4.78, 5) is 10.1. The first-order valence-electron chi connectivity index (χ1n) is 7.63. The molecule has 0 aliphatic rings. The van der Waals surface area contributed by atoms with Crippen LogP contribution in [0.3, 0.4) is 0 Å². The van der Waals surface area contributed by atoms with Crippen molar-refractivity contribution in [1.29, 1.82) is 0 Å². The van der Waals surface area contributed by atoms with Crippen LogP contribution >= 0.6 is 42.2 Å². The van der Waals surface area contributed by atoms with Gasteiger partial charge in [-0.3, -0.25) is 4.57 Å². The molecule has 0 radical (unpaired) electrons. The van der Waals surface area contributed by atoms with Crippen molar-refractivity contribution < 1.29 is 14.6 Å². The predicted octanol–water partition coefficient (Wildman–Crippen LogP) is 4.57. The van der Waals surface area contributed by atoms with Crippen molar-refractivity contribution in [1.82, 2.24) is 5.32 Å². The number of benzene rings is 2. The van der Waals surface area contributed by atoms with Gasteiger partial charge in [0, 0.05) is 24.3 Å². The zero-order valence-corrected chi connectivity index (χ0v) is 16.5. The molecule has 0 aliphatic carbocycles. The first kappa shape index (κ1) is 20.7. The van der Waals surface area contributed by atoms with Crippen LogP contribution in [0.15, 0.2) is 42.5 Å². The third-order valence-corrected chi connectivity index (χ3v) is 6.37. The molecule has 2 aromatic carbocycles. The maximum absolute atomic E-state index is 12.3. The Morgan fingerprint density at radius 3 is 2.28 bits per heavy atom. The molecule has 0 fully saturated rings. The molecule has 2 rings (SSSR count). The summed E-state index contributed by atoms with van der Waals surface area (Å²) < 4.78 is 12.3. The van der Waals surface area contributed by atoms with E-state index in [2.05, 4.69) is 5.32 Å². The average molecular weight is 423 g/mol. The van der Waals surface area contributed by atoms with Crippen molar-refractivity contribution in [3.05, 3.63) is 68.7 Å². The molecule has 3 N–H and O–H groups in total. The zero-order chi connectivity index (χ0) is 18.4. The Hall–Kier alpha value is -0.580. The molecule has 2 aromatic rings. The van der Waals surface area contributed by atoms with Gasteiger partial charge in [0.15, 0.2) is 0 Å². The Bertz CT molecular complexity index is 755. The van der Waals surface area contributed by atoms with Gasteiger partial charge in [-0.25, -0.2) is 0 Å². The molecule has 25 heavy (non-hydrogen) atoms. The molecule has 0 heterocycles. The van der Waals surface area contributed by atoms with Gasteiger partial charge in [0.2, 0.25) is 7.37 Å². The molecule has 0 aromatic heterocycles. The molecule has 0 saturated heterocycles. The number of nitrogens with one attached hydrogen (secondary N) is 1. The van der Waals surface area contributed by atoms with Gasteiger partial charge in [-0.15, -0.1) is 0 Å². The molecule has 0 amide bonds. The fourth-order valence-corrected chi connectivity index (χ4v) is 4.51. The normalized spacial score (nSPS) is 14.9. The summed E-state index contributed by atoms with van der Waals surface area (Å²) in [6, 6.07) is 12.0. The summed E-state index contributed by atoms with van der Waals surface area (Å²) in [5.41, 5.74) is 1.63. The van der Waals surface area contributed by atoms with E-state index in [1.807, 2.05) is 6.07 Å². The van der Waals surface area contributed by atoms with Gasteiger partial charge in [0.25, 0.3) is 0 Å². The molecule has 0 bridgehead atoms. The summed E-state index contributed by atoms with van der Waals surface area (Å²) in [5, 5.41) is 14.6. The van der Waals surface area contributed by atoms with Gasteiger partial charge < -0.3 is 15.3 Å². The highest BCUT2D eigenvalue weighted by Crippen LogP contribution is 2.45. The molecule has 0 spiro atoms. The monoisotopic (exact) mass is 421 g/mol. The topological polar surface area (TPSA) is 69.6 Å². The minimum Gasteiger partial charge on any atom is -0.391 e. The van der Waals surface area contributed by atoms with Gasteiger partial charge in [-0.2, -0.15) is 0 Å². The van der Waals surface area contributed by atoms with Crippen molar-refractivity contribution in [2.24, 2.45) is 0 Å². The lowest BCUT2D eigenvalue weighted by Gasteiger charge is -2.17. The van der Waals surface area contributed by atoms with Gasteiger partial charge in [0.1, 0.15) is 0 Å². The largest absolute Gasteiger partial charge is 0.391 e. The SMILES string of the molecule is O=P(O)(Cc1ccc(Cl)cc1)CC(O)CNCc1ccc(Cl)c(Cl)c1. The summed E-state index contributed by atoms with van der Waals surface area (Å²) in [6.45, 7) is 0.673. The van der Waals surface area contributed by atoms with Gasteiger partial charge in [0.05, 0.1) is 22.3 Å². The number of aliphatic hydroxyl groups is 1. The lowest BCUT2D eigenvalue weighted by Crippen LogP contribution is -2.29. The van der Waals surface area contributed by atoms with Crippen LogP contribution in [0.5, 0.6) is 0 Å². The van der Waals surface area contributed by atoms with Crippen LogP contribution in [0.25, 0.3) is 0 Å². The van der Waals surface area contributed by atoms with E-state index >= 15 is 0 Å². The molecule has 8 heteroatoms. The smallest absolute Gasteiger partial charge is 0.207 e. The van der Waals surface area contributed by atoms with Gasteiger partial charge >= 0.3 is 0 Å². The Morgan fingerprint density at radius 1 is 1.00 bits per heavy atom. The summed E-state index contributed by atoms with van der Waals surface area (Å²) in [6.07, 6.45) is -1.09. The van der Waals surface area contributed by atoms with Gasteiger partial charge in [-0.1, -0.05) is 53.0 Å². The van der Waals surface area contributed by atoms with E-state index in [0.717, 1.165) is 5.56 Å². The quantitative estimate of drug-likeness (QED) is 0.545. The van der Waals surface area contributed by atoms with Crippen LogP contribution in [-0.2, 0) is 17.3 Å². The lowest BCUT2D eigenvalue weighted by atomic mass is 10.2. The molecule has 2 unspecified atom stereocenters. The van der Waals surface area contributed by atoms with Crippen LogP contribution in [0.1, 0.15) is 11.1 Å². The van der Waals surface area contributed by atoms with E-state index in [0.29, 0.717) is 27.2 Å². The molecule has 0 saturated carbocycles. The maximum atomic E-state index is 12.3. The molecule has 0 aliphatic heterocycles. The van der Waals surface area contributed by atoms with Crippen molar-refractivity contribution in [2.75, 3.05) is 12.7 Å². The van der Waals surface area contributed by atoms with E-state index < -0.39 is 13.5 Å². The summed E-state index contributed by atoms with van der Waals surface area (Å²) in [7, 11) is -3.48. The Kier molecular flexibility index (Phi) is 7.78. The Morgan fingerprint density at radius 2 is 1.64 bits per heavy atom. The number of aliphatic hydroxyl groups excluding tert-OH is 1. The average Bonchev–Trinajstić information content (AvgIpc) is 2.52. The molecular weight excluding hydrogens is 404 g/mol. The number of hydrogen-bond donors (Lipinski definition) is 3. The molecular formula is C17H19Cl3NO3P. The minimum absolute atomic E-state index is 0.00796. The lowest BCUT2D eigenvalue weighted by molar-refractivity contribution is 0.190. The third-order valence-electron chi connectivity index (χ3n) is 3.53. The van der Waals surface area contributed by atoms with Crippen molar-refractivity contribution in [3.63, 3.8) is 0 Å². The van der Waals surface area contributed by atoms with Crippen LogP contribution in [0.4, 0.5) is 0 Å². The van der Waals surface area contributed by atoms with Crippen LogP contribution < -0.4 is 5.32 Å². The third kappa shape index (κ3) is 7.28. The highest BCUT2D eigenvalue weighted by Gasteiger charge is 2.23. The van der Waals surface area contributed by atoms with Crippen LogP contribution in [-0.4, -0.2) is 28.8 Å². The summed E-state index contributed by atoms with van der Waals surface area (Å²) in [5.74, 6) is 0. The minimum atomic E-state index is -3.48. The van der Waals surface area contributed by atoms with Crippen molar-refractivity contribution >= 4 is 42.2 Å². The molecule has 2 atom stereocenters. The highest BCUT2D eigenvalue weighted by atomic mass is 35.5. The second kappa shape index (κ2) is 9.38. The van der Waals surface area contributed by atoms with Gasteiger partial charge in [-0.05, 0) is 35.4 Å². The second-order valence-corrected chi connectivity index (χ2v) is 9.47. The molecule has 136 valence electrons. The number of hydrogen-bond acceptors (Lipinski definition) is 3. The van der Waals surface area contributed by atoms with Crippen LogP contribution in [0.2, 0.25) is 15.1 Å². The molecule has 4 nitrogen and oxygen atoms in total. The fraction of sp³-hybridized carbons (Fsp3) is 0.294. The maximum Gasteiger partial charge on any atom is 0.207 e. The highest BCUT2D eigenvalue weighted by molar-refractivity contribution is 7.57. The Balaban J connectivity index is 1.80. The second-order valence-electron chi connectivity index (χ2n) is 5.85. The first-order chi connectivity index (χ1) is 11.7. The first-order valence-corrected chi connectivity index (χ1v) is 10.8. The van der Waals surface area contributed by atoms with Crippen molar-refractivity contribution in [3.8, 4) is 0 Å². The number of rotatable bonds is 8. The van der Waals surface area contributed by atoms with E-state index in [-0.39, 0.29) is 18.9 Å². The van der Waals surface area contributed by atoms with E-state index in [1.54, 1.807) is 36.4 Å². The zero-order valence-electron chi connectivity index (χ0n) is 13.3. The Labute approximate surface area is 162 Å². The van der Waals surface area contributed by atoms with Crippen molar-refractivity contribution in [2.45, 2.75) is 18.8 Å². The van der Waals surface area contributed by atoms with E-state index in [1.165, 1.54) is 0 Å². The van der Waals surface area contributed by atoms with E-state index in [4.69, 9.17) is 34.8 Å².